The Kier molecular flexibility index (Phi) is 7.06. The van der Waals surface area contributed by atoms with Crippen LogP contribution in [0, 0.1) is 0 Å². The van der Waals surface area contributed by atoms with Crippen LogP contribution in [0.3, 0.4) is 0 Å². The molecule has 148 valence electrons. The van der Waals surface area contributed by atoms with Crippen molar-refractivity contribution in [2.75, 3.05) is 6.61 Å². The van der Waals surface area contributed by atoms with Crippen LogP contribution in [0.15, 0.2) is 85.4 Å². The lowest BCUT2D eigenvalue weighted by molar-refractivity contribution is -0.136. The molecule has 0 atom stereocenters. The molecular weight excluding hydrogens is 364 g/mol. The molecule has 0 heterocycles. The first kappa shape index (κ1) is 20.2. The summed E-state index contributed by atoms with van der Waals surface area (Å²) in [7, 11) is 0. The fourth-order valence-corrected chi connectivity index (χ4v) is 2.73. The number of esters is 1. The van der Waals surface area contributed by atoms with Crippen molar-refractivity contribution in [3.63, 3.8) is 0 Å². The predicted octanol–water partition coefficient (Wildman–Crippen LogP) is 5.42. The zero-order chi connectivity index (χ0) is 20.5. The first-order valence-corrected chi connectivity index (χ1v) is 9.51. The largest absolute Gasteiger partial charge is 0.485 e. The van der Waals surface area contributed by atoms with Crippen LogP contribution in [0.2, 0.25) is 0 Å². The first-order valence-electron chi connectivity index (χ1n) is 9.51. The molecule has 4 nitrogen and oxygen atoms in total. The average molecular weight is 388 g/mol. The van der Waals surface area contributed by atoms with Crippen molar-refractivity contribution in [2.45, 2.75) is 20.1 Å². The highest BCUT2D eigenvalue weighted by Gasteiger charge is 2.14. The number of hydrogen-bond donors (Lipinski definition) is 0. The highest BCUT2D eigenvalue weighted by atomic mass is 16.5. The van der Waals surface area contributed by atoms with Crippen molar-refractivity contribution in [3.8, 4) is 11.5 Å². The van der Waals surface area contributed by atoms with Gasteiger partial charge in [0, 0.05) is 0 Å². The number of carbonyl (C=O) groups excluding carboxylic acids is 1. The lowest BCUT2D eigenvalue weighted by Gasteiger charge is -2.15. The molecule has 0 radical (unpaired) electrons. The van der Waals surface area contributed by atoms with Crippen molar-refractivity contribution in [1.82, 2.24) is 0 Å². The minimum Gasteiger partial charge on any atom is -0.485 e. The van der Waals surface area contributed by atoms with E-state index in [1.54, 1.807) is 25.1 Å². The van der Waals surface area contributed by atoms with Crippen LogP contribution in [-0.4, -0.2) is 12.6 Å². The summed E-state index contributed by atoms with van der Waals surface area (Å²) in [5, 5.41) is 0. The van der Waals surface area contributed by atoms with Crippen molar-refractivity contribution in [2.24, 2.45) is 0 Å². The summed E-state index contributed by atoms with van der Waals surface area (Å²) in [6.07, 6.45) is 0. The number of rotatable bonds is 9. The SMILES string of the molecule is C=C(C(=O)OCC)c1ccc(OCc2ccccc2)c(OCc2ccccc2)c1. The summed E-state index contributed by atoms with van der Waals surface area (Å²) in [4.78, 5) is 12.0. The Labute approximate surface area is 171 Å². The van der Waals surface area contributed by atoms with E-state index in [-0.39, 0.29) is 5.57 Å². The predicted molar refractivity (Wildman–Crippen MR) is 114 cm³/mol. The first-order chi connectivity index (χ1) is 14.2. The molecule has 0 spiro atoms. The van der Waals surface area contributed by atoms with Gasteiger partial charge in [0.2, 0.25) is 0 Å². The fraction of sp³-hybridized carbons (Fsp3) is 0.160. The second kappa shape index (κ2) is 10.1. The third kappa shape index (κ3) is 5.72. The van der Waals surface area contributed by atoms with Gasteiger partial charge in [-0.2, -0.15) is 0 Å². The van der Waals surface area contributed by atoms with Gasteiger partial charge in [-0.1, -0.05) is 73.3 Å². The van der Waals surface area contributed by atoms with Gasteiger partial charge in [0.05, 0.1) is 12.2 Å². The summed E-state index contributed by atoms with van der Waals surface area (Å²) in [5.74, 6) is 0.706. The van der Waals surface area contributed by atoms with E-state index >= 15 is 0 Å². The van der Waals surface area contributed by atoms with Crippen LogP contribution >= 0.6 is 0 Å². The zero-order valence-corrected chi connectivity index (χ0v) is 16.5. The van der Waals surface area contributed by atoms with Crippen LogP contribution in [0.5, 0.6) is 11.5 Å². The Morgan fingerprint density at radius 2 is 1.34 bits per heavy atom. The topological polar surface area (TPSA) is 44.8 Å². The minimum absolute atomic E-state index is 0.283. The smallest absolute Gasteiger partial charge is 0.338 e. The van der Waals surface area contributed by atoms with E-state index in [0.29, 0.717) is 36.9 Å². The molecule has 0 fully saturated rings. The summed E-state index contributed by atoms with van der Waals surface area (Å²) >= 11 is 0. The van der Waals surface area contributed by atoms with Crippen LogP contribution in [0.4, 0.5) is 0 Å². The second-order valence-electron chi connectivity index (χ2n) is 6.41. The molecule has 0 unspecified atom stereocenters. The molecule has 0 aliphatic rings. The molecule has 0 aromatic heterocycles. The van der Waals surface area contributed by atoms with Crippen molar-refractivity contribution in [1.29, 1.82) is 0 Å². The monoisotopic (exact) mass is 388 g/mol. The highest BCUT2D eigenvalue weighted by molar-refractivity contribution is 6.15. The number of hydrogen-bond acceptors (Lipinski definition) is 4. The molecule has 0 amide bonds. The second-order valence-corrected chi connectivity index (χ2v) is 6.41. The van der Waals surface area contributed by atoms with E-state index in [2.05, 4.69) is 6.58 Å². The van der Waals surface area contributed by atoms with Gasteiger partial charge in [-0.15, -0.1) is 0 Å². The van der Waals surface area contributed by atoms with Crippen molar-refractivity contribution < 1.29 is 19.0 Å². The number of benzene rings is 3. The Hall–Kier alpha value is -3.53. The Bertz CT molecular complexity index is 949. The molecule has 4 heteroatoms. The molecular formula is C25H24O4. The maximum absolute atomic E-state index is 12.0. The lowest BCUT2D eigenvalue weighted by Crippen LogP contribution is -2.06. The van der Waals surface area contributed by atoms with E-state index in [1.807, 2.05) is 60.7 Å². The minimum atomic E-state index is -0.445. The molecule has 3 aromatic rings. The molecule has 0 aliphatic heterocycles. The summed E-state index contributed by atoms with van der Waals surface area (Å²) in [5.41, 5.74) is 3.02. The average Bonchev–Trinajstić information content (AvgIpc) is 2.77. The van der Waals surface area contributed by atoms with Crippen LogP contribution < -0.4 is 9.47 Å². The standard InChI is InChI=1S/C25H24O4/c1-3-27-25(26)19(2)22-14-15-23(28-17-20-10-6-4-7-11-20)24(16-22)29-18-21-12-8-5-9-13-21/h4-16H,2-3,17-18H2,1H3. The third-order valence-corrected chi connectivity index (χ3v) is 4.29. The van der Waals surface area contributed by atoms with E-state index in [9.17, 15) is 4.79 Å². The molecule has 0 saturated heterocycles. The van der Waals surface area contributed by atoms with Gasteiger partial charge in [-0.05, 0) is 35.7 Å². The van der Waals surface area contributed by atoms with Gasteiger partial charge in [-0.3, -0.25) is 0 Å². The molecule has 29 heavy (non-hydrogen) atoms. The highest BCUT2D eigenvalue weighted by Crippen LogP contribution is 2.32. The van der Waals surface area contributed by atoms with Gasteiger partial charge in [0.1, 0.15) is 13.2 Å². The Balaban J connectivity index is 1.81. The van der Waals surface area contributed by atoms with Gasteiger partial charge >= 0.3 is 5.97 Å². The summed E-state index contributed by atoms with van der Waals surface area (Å²) < 4.78 is 17.1. The summed E-state index contributed by atoms with van der Waals surface area (Å²) in [6, 6.07) is 25.1. The van der Waals surface area contributed by atoms with Crippen molar-refractivity contribution in [3.05, 3.63) is 102 Å². The fourth-order valence-electron chi connectivity index (χ4n) is 2.73. The van der Waals surface area contributed by atoms with Gasteiger partial charge < -0.3 is 14.2 Å². The van der Waals surface area contributed by atoms with Gasteiger partial charge in [0.15, 0.2) is 11.5 Å². The van der Waals surface area contributed by atoms with Crippen LogP contribution in [-0.2, 0) is 22.7 Å². The third-order valence-electron chi connectivity index (χ3n) is 4.29. The number of ether oxygens (including phenoxy) is 3. The quantitative estimate of drug-likeness (QED) is 0.363. The van der Waals surface area contributed by atoms with E-state index < -0.39 is 5.97 Å². The van der Waals surface area contributed by atoms with Gasteiger partial charge in [0.25, 0.3) is 0 Å². The molecule has 3 rings (SSSR count). The number of carbonyl (C=O) groups is 1. The Morgan fingerprint density at radius 3 is 1.90 bits per heavy atom. The maximum Gasteiger partial charge on any atom is 0.338 e. The summed E-state index contributed by atoms with van der Waals surface area (Å²) in [6.45, 7) is 6.72. The van der Waals surface area contributed by atoms with Gasteiger partial charge in [-0.25, -0.2) is 4.79 Å². The lowest BCUT2D eigenvalue weighted by atomic mass is 10.1. The van der Waals surface area contributed by atoms with Crippen LogP contribution in [0.1, 0.15) is 23.6 Å². The molecule has 0 aliphatic carbocycles. The molecule has 0 saturated carbocycles. The normalized spacial score (nSPS) is 10.2. The Morgan fingerprint density at radius 1 is 0.793 bits per heavy atom. The van der Waals surface area contributed by atoms with E-state index in [0.717, 1.165) is 11.1 Å². The van der Waals surface area contributed by atoms with E-state index in [4.69, 9.17) is 14.2 Å². The van der Waals surface area contributed by atoms with Crippen LogP contribution in [0.25, 0.3) is 5.57 Å². The van der Waals surface area contributed by atoms with Crippen molar-refractivity contribution >= 4 is 11.5 Å². The maximum atomic E-state index is 12.0. The molecule has 0 N–H and O–H groups in total. The molecule has 3 aromatic carbocycles. The zero-order valence-electron chi connectivity index (χ0n) is 16.5. The molecule has 0 bridgehead atoms. The van der Waals surface area contributed by atoms with E-state index in [1.165, 1.54) is 0 Å².